The first kappa shape index (κ1) is 19.8. The number of hydrogen-bond acceptors (Lipinski definition) is 3. The van der Waals surface area contributed by atoms with Crippen LogP contribution in [-0.2, 0) is 6.54 Å². The van der Waals surface area contributed by atoms with Crippen LogP contribution in [0.4, 0.5) is 4.39 Å². The summed E-state index contributed by atoms with van der Waals surface area (Å²) in [6, 6.07) is 14.2. The molecule has 2 aromatic carbocycles. The van der Waals surface area contributed by atoms with Gasteiger partial charge in [0.1, 0.15) is 5.82 Å². The van der Waals surface area contributed by atoms with Crippen LogP contribution in [0.15, 0.2) is 65.4 Å². The van der Waals surface area contributed by atoms with E-state index in [0.29, 0.717) is 12.1 Å². The van der Waals surface area contributed by atoms with Crippen molar-refractivity contribution in [1.82, 2.24) is 19.6 Å². The van der Waals surface area contributed by atoms with Crippen LogP contribution in [0.5, 0.6) is 0 Å². The largest absolute Gasteiger partial charge is 0.337 e. The highest BCUT2D eigenvalue weighted by atomic mass is 79.9. The van der Waals surface area contributed by atoms with Crippen molar-refractivity contribution in [3.63, 3.8) is 0 Å². The van der Waals surface area contributed by atoms with Crippen LogP contribution in [0.1, 0.15) is 22.3 Å². The number of carbonyl (C=O) groups is 1. The number of amides is 1. The number of benzene rings is 2. The molecule has 0 bridgehead atoms. The first-order valence-electron chi connectivity index (χ1n) is 9.65. The van der Waals surface area contributed by atoms with Gasteiger partial charge in [-0.25, -0.2) is 9.07 Å². The number of hydrogen-bond donors (Lipinski definition) is 0. The Morgan fingerprint density at radius 3 is 2.45 bits per heavy atom. The molecule has 150 valence electrons. The lowest BCUT2D eigenvalue weighted by atomic mass is 10.1. The maximum absolute atomic E-state index is 13.1. The first-order chi connectivity index (χ1) is 14.1. The van der Waals surface area contributed by atoms with Crippen LogP contribution in [-0.4, -0.2) is 51.7 Å². The number of carbonyl (C=O) groups excluding carboxylic acids is 1. The molecule has 4 rings (SSSR count). The summed E-state index contributed by atoms with van der Waals surface area (Å²) in [6.45, 7) is 3.94. The second-order valence-corrected chi connectivity index (χ2v) is 8.11. The van der Waals surface area contributed by atoms with Crippen molar-refractivity contribution in [2.75, 3.05) is 26.2 Å². The summed E-state index contributed by atoms with van der Waals surface area (Å²) in [5.74, 6) is -0.158. The van der Waals surface area contributed by atoms with Gasteiger partial charge < -0.3 is 4.90 Å². The maximum Gasteiger partial charge on any atom is 0.253 e. The molecule has 0 spiro atoms. The molecule has 1 amide bonds. The van der Waals surface area contributed by atoms with Gasteiger partial charge in [-0.2, -0.15) is 5.10 Å². The van der Waals surface area contributed by atoms with E-state index < -0.39 is 0 Å². The lowest BCUT2D eigenvalue weighted by Crippen LogP contribution is -2.35. The fraction of sp³-hybridized carbons (Fsp3) is 0.273. The molecule has 0 saturated carbocycles. The standard InChI is InChI=1S/C22H22BrFN4O/c23-19-14-25-28(16-19)21-8-4-18(5-9-21)22(29)27-11-1-10-26(12-13-27)15-17-2-6-20(24)7-3-17/h2-9,14,16H,1,10-13,15H2. The van der Waals surface area contributed by atoms with Gasteiger partial charge in [0.25, 0.3) is 5.91 Å². The van der Waals surface area contributed by atoms with Gasteiger partial charge in [0.2, 0.25) is 0 Å². The first-order valence-corrected chi connectivity index (χ1v) is 10.4. The Balaban J connectivity index is 1.37. The van der Waals surface area contributed by atoms with Crippen molar-refractivity contribution < 1.29 is 9.18 Å². The van der Waals surface area contributed by atoms with E-state index in [0.717, 1.165) is 48.3 Å². The van der Waals surface area contributed by atoms with Gasteiger partial charge in [0, 0.05) is 44.5 Å². The summed E-state index contributed by atoms with van der Waals surface area (Å²) >= 11 is 3.39. The van der Waals surface area contributed by atoms with Crippen molar-refractivity contribution in [3.8, 4) is 5.69 Å². The minimum atomic E-state index is -0.215. The predicted molar refractivity (Wildman–Crippen MR) is 113 cm³/mol. The Labute approximate surface area is 177 Å². The normalized spacial score (nSPS) is 15.3. The highest BCUT2D eigenvalue weighted by Gasteiger charge is 2.20. The van der Waals surface area contributed by atoms with E-state index in [2.05, 4.69) is 25.9 Å². The SMILES string of the molecule is O=C(c1ccc(-n2cc(Br)cn2)cc1)N1CCCN(Cc2ccc(F)cc2)CC1. The Kier molecular flexibility index (Phi) is 6.06. The fourth-order valence-electron chi connectivity index (χ4n) is 3.56. The second-order valence-electron chi connectivity index (χ2n) is 7.20. The van der Waals surface area contributed by atoms with E-state index in [1.165, 1.54) is 12.1 Å². The van der Waals surface area contributed by atoms with E-state index in [-0.39, 0.29) is 11.7 Å². The third kappa shape index (κ3) is 4.92. The number of halogens is 2. The molecule has 29 heavy (non-hydrogen) atoms. The average molecular weight is 457 g/mol. The Hall–Kier alpha value is -2.51. The molecular weight excluding hydrogens is 435 g/mol. The van der Waals surface area contributed by atoms with Crippen LogP contribution in [0.2, 0.25) is 0 Å². The number of nitrogens with zero attached hydrogens (tertiary/aromatic N) is 4. The van der Waals surface area contributed by atoms with Crippen molar-refractivity contribution in [2.24, 2.45) is 0 Å². The molecule has 1 aliphatic rings. The van der Waals surface area contributed by atoms with Gasteiger partial charge in [-0.15, -0.1) is 0 Å². The van der Waals surface area contributed by atoms with Crippen molar-refractivity contribution in [1.29, 1.82) is 0 Å². The molecule has 3 aromatic rings. The molecular formula is C22H22BrFN4O. The fourth-order valence-corrected chi connectivity index (χ4v) is 3.85. The minimum absolute atomic E-state index is 0.0572. The Morgan fingerprint density at radius 1 is 1.00 bits per heavy atom. The van der Waals surface area contributed by atoms with Crippen LogP contribution in [0.25, 0.3) is 5.69 Å². The molecule has 5 nitrogen and oxygen atoms in total. The van der Waals surface area contributed by atoms with Crippen molar-refractivity contribution in [2.45, 2.75) is 13.0 Å². The van der Waals surface area contributed by atoms with Gasteiger partial charge in [-0.3, -0.25) is 9.69 Å². The van der Waals surface area contributed by atoms with Crippen LogP contribution >= 0.6 is 15.9 Å². The molecule has 2 heterocycles. The van der Waals surface area contributed by atoms with Crippen LogP contribution in [0.3, 0.4) is 0 Å². The van der Waals surface area contributed by atoms with Crippen LogP contribution < -0.4 is 0 Å². The zero-order chi connectivity index (χ0) is 20.2. The van der Waals surface area contributed by atoms with Crippen molar-refractivity contribution in [3.05, 3.63) is 82.3 Å². The molecule has 1 fully saturated rings. The summed E-state index contributed by atoms with van der Waals surface area (Å²) in [5.41, 5.74) is 2.69. The molecule has 0 aliphatic carbocycles. The van der Waals surface area contributed by atoms with E-state index in [9.17, 15) is 9.18 Å². The van der Waals surface area contributed by atoms with E-state index in [1.807, 2.05) is 47.5 Å². The lowest BCUT2D eigenvalue weighted by Gasteiger charge is -2.22. The topological polar surface area (TPSA) is 41.4 Å². The second kappa shape index (κ2) is 8.88. The van der Waals surface area contributed by atoms with Gasteiger partial charge in [-0.1, -0.05) is 12.1 Å². The molecule has 0 unspecified atom stereocenters. The lowest BCUT2D eigenvalue weighted by molar-refractivity contribution is 0.0761. The molecule has 1 saturated heterocycles. The molecule has 0 radical (unpaired) electrons. The zero-order valence-electron chi connectivity index (χ0n) is 16.0. The predicted octanol–water partition coefficient (Wildman–Crippen LogP) is 4.12. The molecule has 7 heteroatoms. The monoisotopic (exact) mass is 456 g/mol. The smallest absolute Gasteiger partial charge is 0.253 e. The van der Waals surface area contributed by atoms with E-state index >= 15 is 0 Å². The highest BCUT2D eigenvalue weighted by Crippen LogP contribution is 2.16. The van der Waals surface area contributed by atoms with Gasteiger partial charge in [-0.05, 0) is 64.3 Å². The van der Waals surface area contributed by atoms with E-state index in [4.69, 9.17) is 0 Å². The Bertz CT molecular complexity index is 971. The zero-order valence-corrected chi connectivity index (χ0v) is 17.6. The quantitative estimate of drug-likeness (QED) is 0.592. The van der Waals surface area contributed by atoms with E-state index in [1.54, 1.807) is 10.9 Å². The summed E-state index contributed by atoms with van der Waals surface area (Å²) in [7, 11) is 0. The molecule has 1 aromatic heterocycles. The maximum atomic E-state index is 13.1. The van der Waals surface area contributed by atoms with Crippen LogP contribution in [0, 0.1) is 5.82 Å². The Morgan fingerprint density at radius 2 is 1.76 bits per heavy atom. The van der Waals surface area contributed by atoms with Crippen molar-refractivity contribution >= 4 is 21.8 Å². The van der Waals surface area contributed by atoms with Gasteiger partial charge >= 0.3 is 0 Å². The summed E-state index contributed by atoms with van der Waals surface area (Å²) in [6.07, 6.45) is 4.53. The number of aromatic nitrogens is 2. The average Bonchev–Trinajstić information content (AvgIpc) is 3.04. The molecule has 1 aliphatic heterocycles. The third-order valence-corrected chi connectivity index (χ3v) is 5.53. The third-order valence-electron chi connectivity index (χ3n) is 5.13. The minimum Gasteiger partial charge on any atom is -0.337 e. The summed E-state index contributed by atoms with van der Waals surface area (Å²) in [5, 5.41) is 4.26. The van der Waals surface area contributed by atoms with Gasteiger partial charge in [0.15, 0.2) is 0 Å². The molecule has 0 atom stereocenters. The van der Waals surface area contributed by atoms with Gasteiger partial charge in [0.05, 0.1) is 16.4 Å². The number of rotatable bonds is 4. The molecule has 0 N–H and O–H groups in total. The highest BCUT2D eigenvalue weighted by molar-refractivity contribution is 9.10. The summed E-state index contributed by atoms with van der Waals surface area (Å²) < 4.78 is 15.8. The summed E-state index contributed by atoms with van der Waals surface area (Å²) in [4.78, 5) is 17.2.